The summed E-state index contributed by atoms with van der Waals surface area (Å²) < 4.78 is 5.33. The minimum Gasteiger partial charge on any atom is -0.377 e. The number of carbonyl (C=O) groups is 1. The van der Waals surface area contributed by atoms with Gasteiger partial charge in [-0.2, -0.15) is 12.6 Å². The van der Waals surface area contributed by atoms with Crippen molar-refractivity contribution in [3.05, 3.63) is 0 Å². The number of hydrogen-bond acceptors (Lipinski definition) is 3. The Labute approximate surface area is 96.6 Å². The Kier molecular flexibility index (Phi) is 3.26. The van der Waals surface area contributed by atoms with Gasteiger partial charge in [-0.1, -0.05) is 0 Å². The van der Waals surface area contributed by atoms with Crippen LogP contribution in [-0.4, -0.2) is 42.4 Å². The molecule has 1 aliphatic heterocycles. The van der Waals surface area contributed by atoms with Crippen LogP contribution in [0.15, 0.2) is 0 Å². The van der Waals surface area contributed by atoms with Gasteiger partial charge in [0, 0.05) is 13.0 Å². The molecule has 4 heteroatoms. The Hall–Kier alpha value is -0.220. The molecule has 1 aliphatic carbocycles. The lowest BCUT2D eigenvalue weighted by Crippen LogP contribution is -2.47. The number of ether oxygens (including phenoxy) is 1. The molecular formula is C11H19NO2S. The Morgan fingerprint density at radius 1 is 1.60 bits per heavy atom. The number of nitrogens with zero attached hydrogens (tertiary/aromatic N) is 1. The number of morpholine rings is 1. The highest BCUT2D eigenvalue weighted by Gasteiger charge is 2.44. The Morgan fingerprint density at radius 2 is 2.33 bits per heavy atom. The third kappa shape index (κ3) is 2.48. The van der Waals surface area contributed by atoms with Gasteiger partial charge in [-0.25, -0.2) is 0 Å². The van der Waals surface area contributed by atoms with Crippen LogP contribution in [0, 0.1) is 5.41 Å². The monoisotopic (exact) mass is 229 g/mol. The van der Waals surface area contributed by atoms with Crippen molar-refractivity contribution < 1.29 is 9.53 Å². The van der Waals surface area contributed by atoms with Gasteiger partial charge in [0.2, 0.25) is 5.91 Å². The average molecular weight is 229 g/mol. The third-order valence-corrected chi connectivity index (χ3v) is 4.18. The molecule has 0 radical (unpaired) electrons. The summed E-state index contributed by atoms with van der Waals surface area (Å²) in [6.07, 6.45) is 3.02. The summed E-state index contributed by atoms with van der Waals surface area (Å²) in [4.78, 5) is 14.0. The molecule has 0 spiro atoms. The van der Waals surface area contributed by atoms with Gasteiger partial charge >= 0.3 is 0 Å². The van der Waals surface area contributed by atoms with Gasteiger partial charge in [0.25, 0.3) is 0 Å². The van der Waals surface area contributed by atoms with Gasteiger partial charge < -0.3 is 9.64 Å². The van der Waals surface area contributed by atoms with Crippen molar-refractivity contribution in [3.8, 4) is 0 Å². The van der Waals surface area contributed by atoms with E-state index in [1.165, 1.54) is 12.8 Å². The first-order valence-electron chi connectivity index (χ1n) is 5.65. The van der Waals surface area contributed by atoms with Crippen LogP contribution in [0.4, 0.5) is 0 Å². The molecule has 2 fully saturated rings. The average Bonchev–Trinajstić information content (AvgIpc) is 2.99. The smallest absolute Gasteiger partial charge is 0.223 e. The second kappa shape index (κ2) is 4.34. The fourth-order valence-electron chi connectivity index (χ4n) is 2.09. The van der Waals surface area contributed by atoms with Crippen LogP contribution in [0.2, 0.25) is 0 Å². The summed E-state index contributed by atoms with van der Waals surface area (Å²) in [5, 5.41) is 0. The van der Waals surface area contributed by atoms with Crippen molar-refractivity contribution in [1.29, 1.82) is 0 Å². The highest BCUT2D eigenvalue weighted by molar-refractivity contribution is 7.80. The fourth-order valence-corrected chi connectivity index (χ4v) is 2.52. The van der Waals surface area contributed by atoms with Gasteiger partial charge in [-0.15, -0.1) is 0 Å². The highest BCUT2D eigenvalue weighted by Crippen LogP contribution is 2.49. The van der Waals surface area contributed by atoms with Crippen molar-refractivity contribution in [3.63, 3.8) is 0 Å². The summed E-state index contributed by atoms with van der Waals surface area (Å²) in [6.45, 7) is 4.17. The van der Waals surface area contributed by atoms with E-state index in [-0.39, 0.29) is 17.4 Å². The summed E-state index contributed by atoms with van der Waals surface area (Å²) in [7, 11) is 0. The lowest BCUT2D eigenvalue weighted by atomic mass is 10.0. The van der Waals surface area contributed by atoms with E-state index >= 15 is 0 Å². The molecule has 3 nitrogen and oxygen atoms in total. The third-order valence-electron chi connectivity index (χ3n) is 3.51. The zero-order valence-corrected chi connectivity index (χ0v) is 10.1. The number of thiol groups is 1. The largest absolute Gasteiger partial charge is 0.377 e. The normalized spacial score (nSPS) is 28.9. The van der Waals surface area contributed by atoms with Crippen LogP contribution in [0.1, 0.15) is 26.2 Å². The molecular weight excluding hydrogens is 210 g/mol. The van der Waals surface area contributed by atoms with Crippen molar-refractivity contribution >= 4 is 18.5 Å². The van der Waals surface area contributed by atoms with E-state index in [0.717, 1.165) is 12.3 Å². The molecule has 15 heavy (non-hydrogen) atoms. The molecule has 1 atom stereocenters. The molecule has 1 heterocycles. The van der Waals surface area contributed by atoms with Gasteiger partial charge in [0.1, 0.15) is 0 Å². The van der Waals surface area contributed by atoms with Gasteiger partial charge in [0.05, 0.1) is 19.3 Å². The zero-order chi connectivity index (χ0) is 10.9. The second-order valence-corrected chi connectivity index (χ2v) is 5.16. The van der Waals surface area contributed by atoms with Crippen molar-refractivity contribution in [2.75, 3.05) is 25.5 Å². The molecule has 86 valence electrons. The Bertz CT molecular complexity index is 253. The SMILES string of the molecule is CC1COCCN1C(=O)CC1(CS)CC1. The number of rotatable bonds is 3. The van der Waals surface area contributed by atoms with Crippen LogP contribution in [0.3, 0.4) is 0 Å². The van der Waals surface area contributed by atoms with Crippen LogP contribution in [0.5, 0.6) is 0 Å². The molecule has 0 aromatic carbocycles. The molecule has 2 rings (SSSR count). The summed E-state index contributed by atoms with van der Waals surface area (Å²) in [5.74, 6) is 1.13. The topological polar surface area (TPSA) is 29.5 Å². The van der Waals surface area contributed by atoms with Crippen molar-refractivity contribution in [2.45, 2.75) is 32.2 Å². The summed E-state index contributed by atoms with van der Waals surface area (Å²) >= 11 is 4.33. The maximum atomic E-state index is 12.1. The minimum atomic E-state index is 0.234. The highest BCUT2D eigenvalue weighted by atomic mass is 32.1. The summed E-state index contributed by atoms with van der Waals surface area (Å²) in [6, 6.07) is 0.238. The molecule has 2 aliphatic rings. The van der Waals surface area contributed by atoms with Gasteiger partial charge in [-0.05, 0) is 30.9 Å². The van der Waals surface area contributed by atoms with Crippen LogP contribution in [0.25, 0.3) is 0 Å². The van der Waals surface area contributed by atoms with Crippen molar-refractivity contribution in [2.24, 2.45) is 5.41 Å². The van der Waals surface area contributed by atoms with E-state index in [1.807, 2.05) is 4.90 Å². The first-order valence-corrected chi connectivity index (χ1v) is 6.28. The fraction of sp³-hybridized carbons (Fsp3) is 0.909. The standard InChI is InChI=1S/C11H19NO2S/c1-9-7-14-5-4-12(9)10(13)6-11(8-15)2-3-11/h9,15H,2-8H2,1H3. The lowest BCUT2D eigenvalue weighted by Gasteiger charge is -2.34. The molecule has 0 aromatic heterocycles. The van der Waals surface area contributed by atoms with E-state index in [9.17, 15) is 4.79 Å². The number of carbonyl (C=O) groups excluding carboxylic acids is 1. The van der Waals surface area contributed by atoms with E-state index < -0.39 is 0 Å². The minimum absolute atomic E-state index is 0.234. The molecule has 1 saturated carbocycles. The van der Waals surface area contributed by atoms with E-state index in [4.69, 9.17) is 4.74 Å². The maximum Gasteiger partial charge on any atom is 0.223 e. The first-order chi connectivity index (χ1) is 7.17. The van der Waals surface area contributed by atoms with E-state index in [1.54, 1.807) is 0 Å². The molecule has 1 saturated heterocycles. The second-order valence-electron chi connectivity index (χ2n) is 4.85. The first kappa shape index (κ1) is 11.3. The van der Waals surface area contributed by atoms with Crippen LogP contribution < -0.4 is 0 Å². The molecule has 0 bridgehead atoms. The molecule has 0 aromatic rings. The maximum absolute atomic E-state index is 12.1. The molecule has 1 amide bonds. The van der Waals surface area contributed by atoms with Gasteiger partial charge in [0.15, 0.2) is 0 Å². The number of amides is 1. The van der Waals surface area contributed by atoms with Crippen molar-refractivity contribution in [1.82, 2.24) is 4.90 Å². The number of hydrogen-bond donors (Lipinski definition) is 1. The Balaban J connectivity index is 1.89. The predicted octanol–water partition coefficient (Wildman–Crippen LogP) is 1.33. The quantitative estimate of drug-likeness (QED) is 0.740. The zero-order valence-electron chi connectivity index (χ0n) is 9.24. The van der Waals surface area contributed by atoms with Crippen LogP contribution >= 0.6 is 12.6 Å². The van der Waals surface area contributed by atoms with E-state index in [2.05, 4.69) is 19.6 Å². The molecule has 0 N–H and O–H groups in total. The van der Waals surface area contributed by atoms with Crippen LogP contribution in [-0.2, 0) is 9.53 Å². The molecule has 1 unspecified atom stereocenters. The van der Waals surface area contributed by atoms with Gasteiger partial charge in [-0.3, -0.25) is 4.79 Å². The lowest BCUT2D eigenvalue weighted by molar-refractivity contribution is -0.140. The van der Waals surface area contributed by atoms with E-state index in [0.29, 0.717) is 19.6 Å². The summed E-state index contributed by atoms with van der Waals surface area (Å²) in [5.41, 5.74) is 0.234. The Morgan fingerprint density at radius 3 is 2.87 bits per heavy atom. The predicted molar refractivity (Wildman–Crippen MR) is 62.1 cm³/mol.